The monoisotopic (exact) mass is 428 g/mol. The molecule has 0 amide bonds. The predicted molar refractivity (Wildman–Crippen MR) is 123 cm³/mol. The number of benzene rings is 3. The fraction of sp³-hybridized carbons (Fsp3) is 0.333. The third kappa shape index (κ3) is 3.20. The normalized spacial score (nSPS) is 23.7. The lowest BCUT2D eigenvalue weighted by molar-refractivity contribution is -0.197. The van der Waals surface area contributed by atoms with Crippen LogP contribution in [0.4, 0.5) is 0 Å². The molecule has 3 aliphatic rings. The van der Waals surface area contributed by atoms with Crippen LogP contribution in [0.5, 0.6) is 11.5 Å². The third-order valence-electron chi connectivity index (χ3n) is 7.32. The van der Waals surface area contributed by atoms with Gasteiger partial charge in [-0.3, -0.25) is 9.80 Å². The number of likely N-dealkylation sites (tertiary alicyclic amines) is 2. The number of aliphatic hydroxyl groups excluding tert-OH is 1. The number of aliphatic hydroxyl groups is 1. The first kappa shape index (κ1) is 19.8. The number of ether oxygens (including phenoxy) is 2. The molecule has 2 saturated heterocycles. The van der Waals surface area contributed by atoms with Gasteiger partial charge in [0.05, 0.1) is 12.1 Å². The average molecular weight is 429 g/mol. The lowest BCUT2D eigenvalue weighted by Crippen LogP contribution is -2.83. The van der Waals surface area contributed by atoms with E-state index in [9.17, 15) is 5.11 Å². The zero-order chi connectivity index (χ0) is 21.5. The molecule has 32 heavy (non-hydrogen) atoms. The summed E-state index contributed by atoms with van der Waals surface area (Å²) in [5, 5.41) is 10.3. The van der Waals surface area contributed by atoms with Gasteiger partial charge in [-0.2, -0.15) is 0 Å². The molecule has 3 heterocycles. The third-order valence-corrected chi connectivity index (χ3v) is 7.32. The fourth-order valence-electron chi connectivity index (χ4n) is 5.93. The Hall–Kier alpha value is -2.86. The summed E-state index contributed by atoms with van der Waals surface area (Å²) in [6.07, 6.45) is 0. The van der Waals surface area contributed by atoms with Gasteiger partial charge in [0.2, 0.25) is 6.79 Å². The summed E-state index contributed by atoms with van der Waals surface area (Å²) in [7, 11) is 0. The first-order valence-corrected chi connectivity index (χ1v) is 11.3. The zero-order valence-electron chi connectivity index (χ0n) is 18.1. The maximum absolute atomic E-state index is 10.3. The van der Waals surface area contributed by atoms with Crippen molar-refractivity contribution < 1.29 is 14.6 Å². The summed E-state index contributed by atoms with van der Waals surface area (Å²) in [5.41, 5.74) is 3.93. The molecule has 6 rings (SSSR count). The Bertz CT molecular complexity index is 1080. The summed E-state index contributed by atoms with van der Waals surface area (Å²) in [6.45, 7) is 4.22. The van der Waals surface area contributed by atoms with E-state index >= 15 is 0 Å². The molecule has 3 aromatic rings. The zero-order valence-corrected chi connectivity index (χ0v) is 18.1. The van der Waals surface area contributed by atoms with Crippen molar-refractivity contribution in [3.63, 3.8) is 0 Å². The van der Waals surface area contributed by atoms with E-state index in [-0.39, 0.29) is 18.2 Å². The molecule has 164 valence electrons. The van der Waals surface area contributed by atoms with Gasteiger partial charge in [0.25, 0.3) is 0 Å². The lowest BCUT2D eigenvalue weighted by Gasteiger charge is -2.71. The van der Waals surface area contributed by atoms with E-state index in [0.717, 1.165) is 37.7 Å². The highest BCUT2D eigenvalue weighted by Gasteiger charge is 2.65. The number of hydrogen-bond donors (Lipinski definition) is 1. The SMILES string of the molecule is OC[C@@H]1[C@@H](c2ccccc2)C2(CN(Cc3ccc4c(c3)OCO4)C2)N1Cc1ccccc1. The van der Waals surface area contributed by atoms with Crippen LogP contribution in [0.15, 0.2) is 78.9 Å². The summed E-state index contributed by atoms with van der Waals surface area (Å²) in [6, 6.07) is 27.7. The van der Waals surface area contributed by atoms with Crippen molar-refractivity contribution in [3.8, 4) is 11.5 Å². The molecule has 0 radical (unpaired) electrons. The van der Waals surface area contributed by atoms with Gasteiger partial charge in [-0.05, 0) is 28.8 Å². The van der Waals surface area contributed by atoms with Crippen LogP contribution in [0.25, 0.3) is 0 Å². The fourth-order valence-corrected chi connectivity index (χ4v) is 5.93. The van der Waals surface area contributed by atoms with E-state index in [2.05, 4.69) is 82.6 Å². The van der Waals surface area contributed by atoms with Crippen LogP contribution in [0.2, 0.25) is 0 Å². The van der Waals surface area contributed by atoms with E-state index in [1.807, 2.05) is 6.07 Å². The number of nitrogens with zero attached hydrogens (tertiary/aromatic N) is 2. The van der Waals surface area contributed by atoms with Gasteiger partial charge in [-0.15, -0.1) is 0 Å². The molecule has 0 unspecified atom stereocenters. The van der Waals surface area contributed by atoms with E-state index in [0.29, 0.717) is 12.7 Å². The van der Waals surface area contributed by atoms with Crippen LogP contribution in [-0.4, -0.2) is 53.0 Å². The molecule has 2 atom stereocenters. The summed E-state index contributed by atoms with van der Waals surface area (Å²) >= 11 is 0. The lowest BCUT2D eigenvalue weighted by atomic mass is 9.60. The highest BCUT2D eigenvalue weighted by molar-refractivity contribution is 5.45. The van der Waals surface area contributed by atoms with Gasteiger partial charge in [0, 0.05) is 38.1 Å². The highest BCUT2D eigenvalue weighted by Crippen LogP contribution is 2.54. The highest BCUT2D eigenvalue weighted by atomic mass is 16.7. The Balaban J connectivity index is 1.24. The van der Waals surface area contributed by atoms with Crippen LogP contribution < -0.4 is 9.47 Å². The van der Waals surface area contributed by atoms with Crippen molar-refractivity contribution in [1.29, 1.82) is 0 Å². The minimum Gasteiger partial charge on any atom is -0.454 e. The maximum Gasteiger partial charge on any atom is 0.231 e. The van der Waals surface area contributed by atoms with E-state index in [1.54, 1.807) is 0 Å². The molecular weight excluding hydrogens is 400 g/mol. The summed E-state index contributed by atoms with van der Waals surface area (Å²) in [4.78, 5) is 5.04. The molecule has 2 fully saturated rings. The van der Waals surface area contributed by atoms with Crippen molar-refractivity contribution in [2.75, 3.05) is 26.5 Å². The minimum absolute atomic E-state index is 0.0565. The molecule has 0 bridgehead atoms. The Labute approximate surface area is 188 Å². The minimum atomic E-state index is 0.0565. The molecule has 5 heteroatoms. The number of hydrogen-bond acceptors (Lipinski definition) is 5. The smallest absolute Gasteiger partial charge is 0.231 e. The molecule has 1 N–H and O–H groups in total. The van der Waals surface area contributed by atoms with Crippen molar-refractivity contribution in [2.45, 2.75) is 30.6 Å². The molecule has 1 spiro atoms. The van der Waals surface area contributed by atoms with Crippen molar-refractivity contribution in [3.05, 3.63) is 95.6 Å². The largest absolute Gasteiger partial charge is 0.454 e. The Morgan fingerprint density at radius 3 is 2.28 bits per heavy atom. The second-order valence-corrected chi connectivity index (χ2v) is 9.19. The molecule has 5 nitrogen and oxygen atoms in total. The maximum atomic E-state index is 10.3. The molecule has 0 saturated carbocycles. The van der Waals surface area contributed by atoms with Crippen molar-refractivity contribution >= 4 is 0 Å². The molecule has 3 aliphatic heterocycles. The Morgan fingerprint density at radius 2 is 1.53 bits per heavy atom. The van der Waals surface area contributed by atoms with Gasteiger partial charge in [0.15, 0.2) is 11.5 Å². The van der Waals surface area contributed by atoms with Crippen LogP contribution in [0, 0.1) is 0 Å². The molecule has 0 aromatic heterocycles. The van der Waals surface area contributed by atoms with Crippen LogP contribution in [0.3, 0.4) is 0 Å². The van der Waals surface area contributed by atoms with E-state index in [4.69, 9.17) is 9.47 Å². The molecule has 3 aromatic carbocycles. The first-order chi connectivity index (χ1) is 15.8. The van der Waals surface area contributed by atoms with Gasteiger partial charge in [-0.1, -0.05) is 66.7 Å². The van der Waals surface area contributed by atoms with Gasteiger partial charge in [-0.25, -0.2) is 0 Å². The average Bonchev–Trinajstić information content (AvgIpc) is 3.27. The topological polar surface area (TPSA) is 45.2 Å². The van der Waals surface area contributed by atoms with Gasteiger partial charge in [0.1, 0.15) is 0 Å². The van der Waals surface area contributed by atoms with Gasteiger partial charge >= 0.3 is 0 Å². The van der Waals surface area contributed by atoms with E-state index in [1.165, 1.54) is 16.7 Å². The Kier molecular flexibility index (Phi) is 4.90. The predicted octanol–water partition coefficient (Wildman–Crippen LogP) is 3.63. The van der Waals surface area contributed by atoms with Crippen LogP contribution >= 0.6 is 0 Å². The Morgan fingerprint density at radius 1 is 0.812 bits per heavy atom. The summed E-state index contributed by atoms with van der Waals surface area (Å²) < 4.78 is 11.0. The van der Waals surface area contributed by atoms with Crippen molar-refractivity contribution in [1.82, 2.24) is 9.80 Å². The standard InChI is InChI=1S/C27H28N2O3/c30-16-23-26(22-9-5-2-6-10-22)27(29(23)15-20-7-3-1-4-8-20)17-28(18-27)14-21-11-12-24-25(13-21)32-19-31-24/h1-13,23,26,30H,14-19H2/t23-,26-/m1/s1. The van der Waals surface area contributed by atoms with E-state index < -0.39 is 0 Å². The summed E-state index contributed by atoms with van der Waals surface area (Å²) in [5.74, 6) is 2.01. The number of fused-ring (bicyclic) bond motifs is 1. The second kappa shape index (κ2) is 7.93. The van der Waals surface area contributed by atoms with Gasteiger partial charge < -0.3 is 14.6 Å². The molecule has 0 aliphatic carbocycles. The van der Waals surface area contributed by atoms with Crippen LogP contribution in [-0.2, 0) is 13.1 Å². The van der Waals surface area contributed by atoms with Crippen LogP contribution in [0.1, 0.15) is 22.6 Å². The second-order valence-electron chi connectivity index (χ2n) is 9.19. The first-order valence-electron chi connectivity index (χ1n) is 11.3. The quantitative estimate of drug-likeness (QED) is 0.650. The molecular formula is C27H28N2O3. The number of rotatable bonds is 6. The van der Waals surface area contributed by atoms with Crippen molar-refractivity contribution in [2.24, 2.45) is 0 Å².